The van der Waals surface area contributed by atoms with Crippen molar-refractivity contribution < 1.29 is 33.8 Å². The van der Waals surface area contributed by atoms with Gasteiger partial charge in [-0.25, -0.2) is 34.8 Å². The number of rotatable bonds is 7. The van der Waals surface area contributed by atoms with Crippen LogP contribution < -0.4 is 15.5 Å². The second kappa shape index (κ2) is 12.5. The highest BCUT2D eigenvalue weighted by Gasteiger charge is 2.61. The smallest absolute Gasteiger partial charge is 0.426 e. The van der Waals surface area contributed by atoms with Crippen LogP contribution in [0, 0.1) is 5.92 Å². The van der Waals surface area contributed by atoms with E-state index in [1.807, 2.05) is 41.8 Å². The van der Waals surface area contributed by atoms with Crippen LogP contribution in [-0.2, 0) is 14.3 Å². The lowest BCUT2D eigenvalue weighted by molar-refractivity contribution is -0.144. The van der Waals surface area contributed by atoms with Crippen LogP contribution in [0.2, 0.25) is 0 Å². The topological polar surface area (TPSA) is 163 Å². The number of carboxylic acids is 1. The molecular weight excluding hydrogens is 624 g/mol. The van der Waals surface area contributed by atoms with Crippen molar-refractivity contribution in [1.82, 2.24) is 30.6 Å². The Morgan fingerprint density at radius 1 is 1.09 bits per heavy atom. The lowest BCUT2D eigenvalue weighted by atomic mass is 10.1. The molecule has 2 fully saturated rings. The van der Waals surface area contributed by atoms with E-state index in [2.05, 4.69) is 17.3 Å². The molecule has 2 aliphatic rings. The lowest BCUT2D eigenvalue weighted by Crippen LogP contribution is -2.62. The maximum atomic E-state index is 14.3. The molecule has 14 heteroatoms. The maximum Gasteiger partial charge on any atom is 0.426 e. The number of nitrogens with one attached hydrogen (secondary N) is 2. The minimum atomic E-state index is -1.51. The number of hydrogen-bond acceptors (Lipinski definition) is 9. The van der Waals surface area contributed by atoms with Crippen molar-refractivity contribution in [3.05, 3.63) is 54.4 Å². The van der Waals surface area contributed by atoms with Gasteiger partial charge in [-0.2, -0.15) is 0 Å². The SMILES string of the molecule is C=C[C@@H]1CC1(NC(=O)[C@@H]1CC(Oc2nc3ccccc3nc2-c2cccs2)CN1C(=O)N(NC(=O)OC(C)(C)C)C(C)(C)C)C(=O)O. The quantitative estimate of drug-likeness (QED) is 0.233. The van der Waals surface area contributed by atoms with Crippen LogP contribution in [0.1, 0.15) is 54.4 Å². The third kappa shape index (κ3) is 7.17. The number of para-hydroxylation sites is 2. The molecule has 2 unspecified atom stereocenters. The normalized spacial score (nSPS) is 22.3. The average Bonchev–Trinajstić information content (AvgIpc) is 3.29. The highest BCUT2D eigenvalue weighted by atomic mass is 32.1. The van der Waals surface area contributed by atoms with Crippen LogP contribution in [0.25, 0.3) is 21.6 Å². The Morgan fingerprint density at radius 3 is 2.32 bits per heavy atom. The number of fused-ring (bicyclic) bond motifs is 1. The summed E-state index contributed by atoms with van der Waals surface area (Å²) in [7, 11) is 0. The van der Waals surface area contributed by atoms with Gasteiger partial charge in [0.05, 0.1) is 28.0 Å². The largest absolute Gasteiger partial charge is 0.479 e. The van der Waals surface area contributed by atoms with Crippen molar-refractivity contribution >= 4 is 46.4 Å². The Hall–Kier alpha value is -4.72. The van der Waals surface area contributed by atoms with Crippen molar-refractivity contribution in [3.63, 3.8) is 0 Å². The van der Waals surface area contributed by atoms with Crippen molar-refractivity contribution in [2.24, 2.45) is 5.92 Å². The van der Waals surface area contributed by atoms with Gasteiger partial charge in [0.15, 0.2) is 0 Å². The monoisotopic (exact) mass is 664 g/mol. The van der Waals surface area contributed by atoms with Crippen molar-refractivity contribution in [2.75, 3.05) is 6.54 Å². The molecule has 0 spiro atoms. The second-order valence-corrected chi connectivity index (χ2v) is 14.6. The molecule has 0 radical (unpaired) electrons. The second-order valence-electron chi connectivity index (χ2n) is 13.7. The summed E-state index contributed by atoms with van der Waals surface area (Å²) in [6.45, 7) is 13.9. The van der Waals surface area contributed by atoms with Gasteiger partial charge in [-0.3, -0.25) is 4.79 Å². The fourth-order valence-corrected chi connectivity index (χ4v) is 6.19. The number of aliphatic carboxylic acids is 1. The van der Waals surface area contributed by atoms with Crippen molar-refractivity contribution in [3.8, 4) is 16.5 Å². The first-order valence-electron chi connectivity index (χ1n) is 15.3. The number of hydrazine groups is 1. The number of aromatic nitrogens is 2. The Morgan fingerprint density at radius 2 is 1.77 bits per heavy atom. The van der Waals surface area contributed by atoms with E-state index in [0.717, 1.165) is 9.89 Å². The van der Waals surface area contributed by atoms with Crippen LogP contribution in [0.3, 0.4) is 0 Å². The first kappa shape index (κ1) is 33.6. The zero-order chi connectivity index (χ0) is 34.3. The van der Waals surface area contributed by atoms with E-state index in [1.54, 1.807) is 41.5 Å². The average molecular weight is 665 g/mol. The summed E-state index contributed by atoms with van der Waals surface area (Å²) in [5, 5.41) is 15.7. The number of thiophene rings is 1. The van der Waals surface area contributed by atoms with E-state index in [-0.39, 0.29) is 25.3 Å². The predicted molar refractivity (Wildman–Crippen MR) is 176 cm³/mol. The maximum absolute atomic E-state index is 14.3. The molecule has 1 aromatic carbocycles. The first-order chi connectivity index (χ1) is 22.0. The fourth-order valence-electron chi connectivity index (χ4n) is 5.48. The number of amides is 4. The Balaban J connectivity index is 1.48. The summed E-state index contributed by atoms with van der Waals surface area (Å²) in [4.78, 5) is 64.8. The minimum absolute atomic E-state index is 0.0227. The van der Waals surface area contributed by atoms with Crippen LogP contribution in [0.15, 0.2) is 54.4 Å². The van der Waals surface area contributed by atoms with E-state index < -0.39 is 58.7 Å². The lowest BCUT2D eigenvalue weighted by Gasteiger charge is -2.39. The summed E-state index contributed by atoms with van der Waals surface area (Å²) < 4.78 is 11.8. The zero-order valence-corrected chi connectivity index (χ0v) is 28.1. The molecule has 250 valence electrons. The Bertz CT molecular complexity index is 1700. The standard InChI is InChI=1S/C33H40N6O7S/c1-8-19-17-33(19,28(41)42)36-26(40)23-16-20(18-38(23)30(44)39(31(2,3)4)37-29(43)46-32(5,6)7)45-27-25(24-14-11-15-47-24)34-21-12-9-10-13-22(21)35-27/h8-15,19-20,23H,1,16-18H2,2-7H3,(H,36,40)(H,37,43)(H,41,42)/t19-,20?,23+,33?/m1/s1. The molecule has 47 heavy (non-hydrogen) atoms. The third-order valence-electron chi connectivity index (χ3n) is 7.87. The summed E-state index contributed by atoms with van der Waals surface area (Å²) in [6, 6.07) is 9.33. The molecule has 3 N–H and O–H groups in total. The first-order valence-corrected chi connectivity index (χ1v) is 16.2. The van der Waals surface area contributed by atoms with Gasteiger partial charge in [0.25, 0.3) is 0 Å². The van der Waals surface area contributed by atoms with Gasteiger partial charge in [-0.15, -0.1) is 17.9 Å². The predicted octanol–water partition coefficient (Wildman–Crippen LogP) is 4.99. The Kier molecular flexibility index (Phi) is 8.93. The van der Waals surface area contributed by atoms with Crippen LogP contribution in [0.5, 0.6) is 5.88 Å². The number of urea groups is 1. The summed E-state index contributed by atoms with van der Waals surface area (Å²) in [6.07, 6.45) is 0.118. The van der Waals surface area contributed by atoms with Gasteiger partial charge < -0.3 is 24.8 Å². The molecule has 1 aliphatic carbocycles. The number of likely N-dealkylation sites (tertiary alicyclic amines) is 1. The molecule has 4 atom stereocenters. The molecule has 3 heterocycles. The fraction of sp³-hybridized carbons (Fsp3) is 0.455. The molecule has 1 saturated carbocycles. The molecular formula is C33H40N6O7S. The summed E-state index contributed by atoms with van der Waals surface area (Å²) in [5.41, 5.74) is 1.05. The van der Waals surface area contributed by atoms with Gasteiger partial charge in [0.1, 0.15) is 29.0 Å². The summed E-state index contributed by atoms with van der Waals surface area (Å²) >= 11 is 1.47. The summed E-state index contributed by atoms with van der Waals surface area (Å²) in [5.74, 6) is -2.07. The van der Waals surface area contributed by atoms with Gasteiger partial charge in [-0.1, -0.05) is 24.3 Å². The minimum Gasteiger partial charge on any atom is -0.479 e. The molecule has 5 rings (SSSR count). The number of nitrogens with zero attached hydrogens (tertiary/aromatic N) is 4. The van der Waals surface area contributed by atoms with Crippen LogP contribution in [-0.4, -0.2) is 84.4 Å². The molecule has 1 aliphatic heterocycles. The van der Waals surface area contributed by atoms with E-state index in [1.165, 1.54) is 22.3 Å². The van der Waals surface area contributed by atoms with E-state index >= 15 is 0 Å². The molecule has 2 aromatic heterocycles. The molecule has 3 aromatic rings. The molecule has 13 nitrogen and oxygen atoms in total. The number of ether oxygens (including phenoxy) is 2. The van der Waals surface area contributed by atoms with E-state index in [4.69, 9.17) is 19.4 Å². The number of carbonyl (C=O) groups is 4. The highest BCUT2D eigenvalue weighted by Crippen LogP contribution is 2.45. The highest BCUT2D eigenvalue weighted by molar-refractivity contribution is 7.13. The number of hydrogen-bond donors (Lipinski definition) is 3. The third-order valence-corrected chi connectivity index (χ3v) is 8.75. The van der Waals surface area contributed by atoms with Gasteiger partial charge in [0.2, 0.25) is 11.8 Å². The van der Waals surface area contributed by atoms with E-state index in [9.17, 15) is 24.3 Å². The number of benzene rings is 1. The van der Waals surface area contributed by atoms with Crippen molar-refractivity contribution in [2.45, 2.75) is 83.2 Å². The Labute approximate surface area is 276 Å². The molecule has 4 amide bonds. The number of carboxylic acid groups (broad SMARTS) is 1. The van der Waals surface area contributed by atoms with Crippen LogP contribution in [0.4, 0.5) is 9.59 Å². The van der Waals surface area contributed by atoms with Gasteiger partial charge >= 0.3 is 18.1 Å². The van der Waals surface area contributed by atoms with Crippen molar-refractivity contribution in [1.29, 1.82) is 0 Å². The zero-order valence-electron chi connectivity index (χ0n) is 27.3. The van der Waals surface area contributed by atoms with Crippen LogP contribution >= 0.6 is 11.3 Å². The molecule has 0 bridgehead atoms. The van der Waals surface area contributed by atoms with Gasteiger partial charge in [-0.05, 0) is 71.5 Å². The van der Waals surface area contributed by atoms with Gasteiger partial charge in [0, 0.05) is 12.3 Å². The van der Waals surface area contributed by atoms with E-state index in [0.29, 0.717) is 16.7 Å². The molecule has 1 saturated heterocycles. The number of carbonyl (C=O) groups excluding carboxylic acids is 3.